The van der Waals surface area contributed by atoms with Crippen molar-refractivity contribution in [2.24, 2.45) is 0 Å². The van der Waals surface area contributed by atoms with Gasteiger partial charge in [-0.1, -0.05) is 30.3 Å². The van der Waals surface area contributed by atoms with Crippen LogP contribution < -0.4 is 4.74 Å². The molecular formula is C22H19FN2O. The van der Waals surface area contributed by atoms with Gasteiger partial charge in [0.1, 0.15) is 5.82 Å². The number of benzene rings is 2. The van der Waals surface area contributed by atoms with E-state index in [0.717, 1.165) is 22.2 Å². The van der Waals surface area contributed by atoms with E-state index < -0.39 is 0 Å². The van der Waals surface area contributed by atoms with Crippen molar-refractivity contribution in [3.63, 3.8) is 0 Å². The van der Waals surface area contributed by atoms with Crippen molar-refractivity contribution in [1.29, 1.82) is 0 Å². The van der Waals surface area contributed by atoms with E-state index in [-0.39, 0.29) is 11.9 Å². The number of fused-ring (bicyclic) bond motifs is 1. The van der Waals surface area contributed by atoms with E-state index in [1.165, 1.54) is 6.07 Å². The molecular weight excluding hydrogens is 327 g/mol. The predicted molar refractivity (Wildman–Crippen MR) is 102 cm³/mol. The van der Waals surface area contributed by atoms with Crippen LogP contribution in [0.15, 0.2) is 73.1 Å². The van der Waals surface area contributed by atoms with E-state index in [2.05, 4.69) is 40.7 Å². The van der Waals surface area contributed by atoms with Crippen molar-refractivity contribution in [2.45, 2.75) is 13.0 Å². The summed E-state index contributed by atoms with van der Waals surface area (Å²) in [5, 5.41) is 0.653. The first-order chi connectivity index (χ1) is 12.7. The van der Waals surface area contributed by atoms with Crippen molar-refractivity contribution < 1.29 is 9.13 Å². The highest BCUT2D eigenvalue weighted by molar-refractivity contribution is 5.81. The van der Waals surface area contributed by atoms with E-state index >= 15 is 0 Å². The van der Waals surface area contributed by atoms with Crippen LogP contribution in [0.5, 0.6) is 5.88 Å². The molecule has 0 aliphatic rings. The van der Waals surface area contributed by atoms with E-state index in [1.807, 2.05) is 30.5 Å². The highest BCUT2D eigenvalue weighted by atomic mass is 19.1. The van der Waals surface area contributed by atoms with Gasteiger partial charge in [-0.2, -0.15) is 0 Å². The number of rotatable bonds is 4. The summed E-state index contributed by atoms with van der Waals surface area (Å²) in [4.78, 5) is 4.25. The Morgan fingerprint density at radius 2 is 1.73 bits per heavy atom. The monoisotopic (exact) mass is 346 g/mol. The van der Waals surface area contributed by atoms with Crippen LogP contribution >= 0.6 is 0 Å². The van der Waals surface area contributed by atoms with Crippen LogP contribution in [0.25, 0.3) is 22.0 Å². The van der Waals surface area contributed by atoms with Crippen LogP contribution in [-0.4, -0.2) is 16.7 Å². The van der Waals surface area contributed by atoms with Gasteiger partial charge in [0.25, 0.3) is 0 Å². The summed E-state index contributed by atoms with van der Waals surface area (Å²) in [6.45, 7) is 2.12. The average molecular weight is 346 g/mol. The molecule has 4 heteroatoms. The summed E-state index contributed by atoms with van der Waals surface area (Å²) in [5.41, 5.74) is 4.20. The molecule has 3 nitrogen and oxygen atoms in total. The fraction of sp³-hybridized carbons (Fsp3) is 0.136. The second kappa shape index (κ2) is 6.64. The number of nitrogens with zero attached hydrogens (tertiary/aromatic N) is 2. The molecule has 1 atom stereocenters. The second-order valence-electron chi connectivity index (χ2n) is 6.28. The van der Waals surface area contributed by atoms with Crippen LogP contribution in [0.2, 0.25) is 0 Å². The number of hydrogen-bond donors (Lipinski definition) is 0. The topological polar surface area (TPSA) is 27.1 Å². The molecule has 0 saturated carbocycles. The van der Waals surface area contributed by atoms with E-state index in [0.29, 0.717) is 11.3 Å². The largest absolute Gasteiger partial charge is 0.481 e. The number of halogens is 1. The standard InChI is InChI=1S/C22H19FN2O/c1-15(25-13-12-19-20(23)4-3-5-21(19)25)16-6-8-17(9-7-16)18-10-11-22(26-2)24-14-18/h3-15H,1-2H3/t15-/m0/s1. The van der Waals surface area contributed by atoms with Crippen molar-refractivity contribution in [3.05, 3.63) is 84.4 Å². The number of pyridine rings is 1. The molecule has 2 aromatic carbocycles. The summed E-state index contributed by atoms with van der Waals surface area (Å²) in [5.74, 6) is 0.418. The molecule has 0 saturated heterocycles. The average Bonchev–Trinajstić information content (AvgIpc) is 3.13. The normalized spacial score (nSPS) is 12.3. The third-order valence-corrected chi connectivity index (χ3v) is 4.80. The van der Waals surface area contributed by atoms with Crippen molar-refractivity contribution in [2.75, 3.05) is 7.11 Å². The minimum atomic E-state index is -0.184. The lowest BCUT2D eigenvalue weighted by atomic mass is 10.0. The van der Waals surface area contributed by atoms with Gasteiger partial charge in [-0.25, -0.2) is 9.37 Å². The number of ether oxygens (including phenoxy) is 1. The molecule has 4 rings (SSSR count). The lowest BCUT2D eigenvalue weighted by molar-refractivity contribution is 0.398. The number of hydrogen-bond acceptors (Lipinski definition) is 2. The zero-order valence-electron chi connectivity index (χ0n) is 14.7. The molecule has 2 aromatic heterocycles. The number of methoxy groups -OCH3 is 1. The van der Waals surface area contributed by atoms with Gasteiger partial charge in [-0.05, 0) is 42.3 Å². The summed E-state index contributed by atoms with van der Waals surface area (Å²) >= 11 is 0. The SMILES string of the molecule is COc1ccc(-c2ccc([C@H](C)n3ccc4c(F)cccc43)cc2)cn1. The molecule has 0 unspecified atom stereocenters. The molecule has 0 fully saturated rings. The highest BCUT2D eigenvalue weighted by Gasteiger charge is 2.12. The Labute approximate surface area is 151 Å². The second-order valence-corrected chi connectivity index (χ2v) is 6.28. The molecule has 130 valence electrons. The summed E-state index contributed by atoms with van der Waals surface area (Å²) in [6, 6.07) is 19.4. The smallest absolute Gasteiger partial charge is 0.212 e. The predicted octanol–water partition coefficient (Wildman–Crippen LogP) is 5.46. The van der Waals surface area contributed by atoms with Gasteiger partial charge in [0.2, 0.25) is 5.88 Å². The highest BCUT2D eigenvalue weighted by Crippen LogP contribution is 2.28. The van der Waals surface area contributed by atoms with Gasteiger partial charge >= 0.3 is 0 Å². The van der Waals surface area contributed by atoms with E-state index in [4.69, 9.17) is 4.74 Å². The minimum Gasteiger partial charge on any atom is -0.481 e. The molecule has 26 heavy (non-hydrogen) atoms. The van der Waals surface area contributed by atoms with E-state index in [9.17, 15) is 4.39 Å². The maximum atomic E-state index is 13.9. The zero-order chi connectivity index (χ0) is 18.1. The summed E-state index contributed by atoms with van der Waals surface area (Å²) < 4.78 is 21.1. The van der Waals surface area contributed by atoms with Crippen molar-refractivity contribution in [1.82, 2.24) is 9.55 Å². The Morgan fingerprint density at radius 1 is 0.962 bits per heavy atom. The van der Waals surface area contributed by atoms with Gasteiger partial charge in [0, 0.05) is 29.4 Å². The van der Waals surface area contributed by atoms with Gasteiger partial charge in [-0.3, -0.25) is 0 Å². The zero-order valence-corrected chi connectivity index (χ0v) is 14.7. The first-order valence-corrected chi connectivity index (χ1v) is 8.53. The maximum Gasteiger partial charge on any atom is 0.212 e. The van der Waals surface area contributed by atoms with Gasteiger partial charge < -0.3 is 9.30 Å². The Bertz CT molecular complexity index is 1040. The number of aromatic nitrogens is 2. The third kappa shape index (κ3) is 2.84. The fourth-order valence-electron chi connectivity index (χ4n) is 3.28. The van der Waals surface area contributed by atoms with Crippen LogP contribution in [0.1, 0.15) is 18.5 Å². The first-order valence-electron chi connectivity index (χ1n) is 8.53. The van der Waals surface area contributed by atoms with Crippen molar-refractivity contribution in [3.8, 4) is 17.0 Å². The molecule has 0 radical (unpaired) electrons. The first kappa shape index (κ1) is 16.3. The lowest BCUT2D eigenvalue weighted by Crippen LogP contribution is -2.05. The summed E-state index contributed by atoms with van der Waals surface area (Å²) in [6.07, 6.45) is 3.75. The Kier molecular flexibility index (Phi) is 4.17. The molecule has 4 aromatic rings. The quantitative estimate of drug-likeness (QED) is 0.490. The molecule has 0 amide bonds. The maximum absolute atomic E-state index is 13.9. The van der Waals surface area contributed by atoms with Crippen LogP contribution in [0.4, 0.5) is 4.39 Å². The minimum absolute atomic E-state index is 0.109. The molecule has 0 aliphatic heterocycles. The molecule has 0 spiro atoms. The van der Waals surface area contributed by atoms with Gasteiger partial charge in [0.15, 0.2) is 0 Å². The molecule has 2 heterocycles. The fourth-order valence-corrected chi connectivity index (χ4v) is 3.28. The molecule has 0 N–H and O–H groups in total. The summed E-state index contributed by atoms with van der Waals surface area (Å²) in [7, 11) is 1.61. The lowest BCUT2D eigenvalue weighted by Gasteiger charge is -2.16. The van der Waals surface area contributed by atoms with Crippen LogP contribution in [0.3, 0.4) is 0 Å². The molecule has 0 bridgehead atoms. The molecule has 0 aliphatic carbocycles. The Hall–Kier alpha value is -3.14. The van der Waals surface area contributed by atoms with Gasteiger partial charge in [0.05, 0.1) is 18.7 Å². The Morgan fingerprint density at radius 3 is 2.42 bits per heavy atom. The van der Waals surface area contributed by atoms with E-state index in [1.54, 1.807) is 19.4 Å². The van der Waals surface area contributed by atoms with Crippen molar-refractivity contribution >= 4 is 10.9 Å². The van der Waals surface area contributed by atoms with Gasteiger partial charge in [-0.15, -0.1) is 0 Å². The van der Waals surface area contributed by atoms with Crippen LogP contribution in [-0.2, 0) is 0 Å². The third-order valence-electron chi connectivity index (χ3n) is 4.80. The Balaban J connectivity index is 1.64. The van der Waals surface area contributed by atoms with Crippen LogP contribution in [0, 0.1) is 5.82 Å².